The van der Waals surface area contributed by atoms with Crippen LogP contribution in [0.1, 0.15) is 34.8 Å². The van der Waals surface area contributed by atoms with Gasteiger partial charge in [0.15, 0.2) is 5.78 Å². The minimum Gasteiger partial charge on any atom is -0.298 e. The zero-order valence-electron chi connectivity index (χ0n) is 16.5. The lowest BCUT2D eigenvalue weighted by Gasteiger charge is -2.22. The molecule has 0 spiro atoms. The van der Waals surface area contributed by atoms with Crippen LogP contribution in [0.2, 0.25) is 0 Å². The highest BCUT2D eigenvalue weighted by Crippen LogP contribution is 2.29. The first-order chi connectivity index (χ1) is 14.1. The van der Waals surface area contributed by atoms with Gasteiger partial charge in [-0.25, -0.2) is 8.42 Å². The number of carbonyl (C=O) groups excluding carboxylic acids is 1. The van der Waals surface area contributed by atoms with E-state index in [0.29, 0.717) is 38.2 Å². The van der Waals surface area contributed by atoms with Crippen molar-refractivity contribution >= 4 is 15.8 Å². The summed E-state index contributed by atoms with van der Waals surface area (Å²) in [6.45, 7) is 3.55. The lowest BCUT2D eigenvalue weighted by Crippen LogP contribution is -2.35. The summed E-state index contributed by atoms with van der Waals surface area (Å²) in [6, 6.07) is 11.0. The summed E-state index contributed by atoms with van der Waals surface area (Å²) in [5.41, 5.74) is 0.399. The summed E-state index contributed by atoms with van der Waals surface area (Å²) < 4.78 is 65.5. The van der Waals surface area contributed by atoms with Gasteiger partial charge in [0.2, 0.25) is 10.0 Å². The Balaban J connectivity index is 1.67. The number of ketones is 1. The highest BCUT2D eigenvalue weighted by atomic mass is 32.2. The first-order valence-corrected chi connectivity index (χ1v) is 11.0. The predicted molar refractivity (Wildman–Crippen MR) is 107 cm³/mol. The molecule has 1 fully saturated rings. The van der Waals surface area contributed by atoms with Crippen LogP contribution in [0.4, 0.5) is 13.2 Å². The van der Waals surface area contributed by atoms with E-state index in [4.69, 9.17) is 0 Å². The van der Waals surface area contributed by atoms with Gasteiger partial charge in [0, 0.05) is 31.7 Å². The summed E-state index contributed by atoms with van der Waals surface area (Å²) in [5.74, 6) is -0.203. The molecule has 0 saturated carbocycles. The van der Waals surface area contributed by atoms with Gasteiger partial charge in [-0.3, -0.25) is 9.69 Å². The Hall–Kier alpha value is -2.23. The molecule has 0 N–H and O–H groups in total. The number of hydrogen-bond donors (Lipinski definition) is 0. The number of benzene rings is 2. The first-order valence-electron chi connectivity index (χ1n) is 9.57. The van der Waals surface area contributed by atoms with Gasteiger partial charge in [-0.15, -0.1) is 0 Å². The van der Waals surface area contributed by atoms with Gasteiger partial charge in [0.25, 0.3) is 0 Å². The quantitative estimate of drug-likeness (QED) is 0.664. The van der Waals surface area contributed by atoms with Gasteiger partial charge in [-0.2, -0.15) is 17.5 Å². The molecular weight excluding hydrogens is 417 g/mol. The minimum atomic E-state index is -4.37. The molecule has 1 aliphatic heterocycles. The molecule has 0 unspecified atom stereocenters. The van der Waals surface area contributed by atoms with E-state index in [1.54, 1.807) is 12.1 Å². The van der Waals surface area contributed by atoms with Crippen molar-refractivity contribution in [3.05, 3.63) is 65.2 Å². The minimum absolute atomic E-state index is 0.0892. The molecule has 0 amide bonds. The molecule has 0 atom stereocenters. The topological polar surface area (TPSA) is 57.7 Å². The van der Waals surface area contributed by atoms with E-state index in [-0.39, 0.29) is 17.2 Å². The van der Waals surface area contributed by atoms with Gasteiger partial charge < -0.3 is 0 Å². The van der Waals surface area contributed by atoms with Gasteiger partial charge >= 0.3 is 6.18 Å². The van der Waals surface area contributed by atoms with Crippen LogP contribution in [-0.4, -0.2) is 49.6 Å². The fourth-order valence-corrected chi connectivity index (χ4v) is 4.94. The van der Waals surface area contributed by atoms with Crippen molar-refractivity contribution in [2.45, 2.75) is 31.0 Å². The fourth-order valence-electron chi connectivity index (χ4n) is 3.43. The van der Waals surface area contributed by atoms with E-state index in [1.807, 2.05) is 4.90 Å². The maximum atomic E-state index is 13.0. The molecule has 1 saturated heterocycles. The van der Waals surface area contributed by atoms with Crippen LogP contribution in [0.3, 0.4) is 0 Å². The van der Waals surface area contributed by atoms with Gasteiger partial charge in [-0.05, 0) is 49.7 Å². The average molecular weight is 440 g/mol. The van der Waals surface area contributed by atoms with Crippen molar-refractivity contribution in [3.63, 3.8) is 0 Å². The number of hydrogen-bond acceptors (Lipinski definition) is 4. The Kier molecular flexibility index (Phi) is 6.64. The van der Waals surface area contributed by atoms with E-state index >= 15 is 0 Å². The number of alkyl halides is 3. The highest BCUT2D eigenvalue weighted by molar-refractivity contribution is 7.89. The van der Waals surface area contributed by atoms with E-state index in [0.717, 1.165) is 17.7 Å². The molecule has 0 aromatic heterocycles. The maximum absolute atomic E-state index is 13.0. The van der Waals surface area contributed by atoms with E-state index < -0.39 is 21.8 Å². The largest absolute Gasteiger partial charge is 0.416 e. The van der Waals surface area contributed by atoms with Crippen LogP contribution >= 0.6 is 0 Å². The molecule has 9 heteroatoms. The van der Waals surface area contributed by atoms with Crippen LogP contribution in [0, 0.1) is 0 Å². The zero-order chi connectivity index (χ0) is 21.9. The molecule has 0 radical (unpaired) electrons. The van der Waals surface area contributed by atoms with Crippen LogP contribution < -0.4 is 0 Å². The first kappa shape index (κ1) is 22.5. The second kappa shape index (κ2) is 8.87. The Labute approximate surface area is 174 Å². The third-order valence-electron chi connectivity index (χ3n) is 5.11. The molecule has 1 aliphatic rings. The molecule has 5 nitrogen and oxygen atoms in total. The molecule has 3 rings (SSSR count). The van der Waals surface area contributed by atoms with E-state index in [2.05, 4.69) is 0 Å². The number of carbonyl (C=O) groups is 1. The standard InChI is InChI=1S/C21H23F3N2O3S/c1-16(27)18-4-2-5-20(14-18)30(28,29)26-11-3-10-25(12-13-26)15-17-6-8-19(9-7-17)21(22,23)24/h2,4-9,14H,3,10-13,15H2,1H3. The highest BCUT2D eigenvalue weighted by Gasteiger charge is 2.30. The van der Waals surface area contributed by atoms with E-state index in [1.165, 1.54) is 35.5 Å². The Morgan fingerprint density at radius 2 is 1.70 bits per heavy atom. The summed E-state index contributed by atoms with van der Waals surface area (Å²) >= 11 is 0. The third-order valence-corrected chi connectivity index (χ3v) is 7.01. The van der Waals surface area contributed by atoms with Crippen LogP contribution in [0.25, 0.3) is 0 Å². The zero-order valence-corrected chi connectivity index (χ0v) is 17.3. The molecule has 1 heterocycles. The van der Waals surface area contributed by atoms with Crippen molar-refractivity contribution in [2.75, 3.05) is 26.2 Å². The number of halogens is 3. The van der Waals surface area contributed by atoms with Crippen molar-refractivity contribution in [1.82, 2.24) is 9.21 Å². The monoisotopic (exact) mass is 440 g/mol. The van der Waals surface area contributed by atoms with Crippen LogP contribution in [0.5, 0.6) is 0 Å². The molecule has 0 aliphatic carbocycles. The van der Waals surface area contributed by atoms with E-state index in [9.17, 15) is 26.4 Å². The van der Waals surface area contributed by atoms with Gasteiger partial charge in [0.1, 0.15) is 0 Å². The lowest BCUT2D eigenvalue weighted by atomic mass is 10.1. The number of Topliss-reactive ketones (excluding diaryl/α,β-unsaturated/α-hetero) is 1. The molecule has 30 heavy (non-hydrogen) atoms. The Morgan fingerprint density at radius 1 is 1.00 bits per heavy atom. The summed E-state index contributed by atoms with van der Waals surface area (Å²) in [6.07, 6.45) is -3.76. The average Bonchev–Trinajstić information content (AvgIpc) is 2.94. The number of nitrogens with zero attached hydrogens (tertiary/aromatic N) is 2. The molecular formula is C21H23F3N2O3S. The summed E-state index contributed by atoms with van der Waals surface area (Å²) in [4.78, 5) is 13.7. The van der Waals surface area contributed by atoms with Crippen molar-refractivity contribution in [2.24, 2.45) is 0 Å². The Bertz CT molecular complexity index is 1000. The lowest BCUT2D eigenvalue weighted by molar-refractivity contribution is -0.137. The second-order valence-electron chi connectivity index (χ2n) is 7.31. The molecule has 0 bridgehead atoms. The molecule has 2 aromatic carbocycles. The van der Waals surface area contributed by atoms with Crippen LogP contribution in [0.15, 0.2) is 53.4 Å². The van der Waals surface area contributed by atoms with Crippen molar-refractivity contribution < 1.29 is 26.4 Å². The number of sulfonamides is 1. The third kappa shape index (κ3) is 5.27. The van der Waals surface area contributed by atoms with Gasteiger partial charge in [0.05, 0.1) is 10.5 Å². The Morgan fingerprint density at radius 3 is 2.33 bits per heavy atom. The summed E-state index contributed by atoms with van der Waals surface area (Å²) in [7, 11) is -3.73. The normalized spacial score (nSPS) is 16.9. The second-order valence-corrected chi connectivity index (χ2v) is 9.25. The van der Waals surface area contributed by atoms with Crippen molar-refractivity contribution in [3.8, 4) is 0 Å². The van der Waals surface area contributed by atoms with Crippen LogP contribution in [-0.2, 0) is 22.7 Å². The smallest absolute Gasteiger partial charge is 0.298 e. The maximum Gasteiger partial charge on any atom is 0.416 e. The predicted octanol–water partition coefficient (Wildman–Crippen LogP) is 3.80. The van der Waals surface area contributed by atoms with Crippen molar-refractivity contribution in [1.29, 1.82) is 0 Å². The summed E-state index contributed by atoms with van der Waals surface area (Å²) in [5, 5.41) is 0. The van der Waals surface area contributed by atoms with Gasteiger partial charge in [-0.1, -0.05) is 24.3 Å². The SMILES string of the molecule is CC(=O)c1cccc(S(=O)(=O)N2CCCN(Cc3ccc(C(F)(F)F)cc3)CC2)c1. The molecule has 162 valence electrons. The fraction of sp³-hybridized carbons (Fsp3) is 0.381. The molecule has 2 aromatic rings. The number of rotatable bonds is 5.